The number of aliphatic carboxylic acids is 1. The number of primary amides is 1. The Kier molecular flexibility index (Phi) is 5.57. The largest absolute Gasteiger partial charge is 0.480 e. The van der Waals surface area contributed by atoms with Crippen molar-refractivity contribution in [2.45, 2.75) is 25.4 Å². The summed E-state index contributed by atoms with van der Waals surface area (Å²) in [5, 5.41) is 11.3. The van der Waals surface area contributed by atoms with E-state index in [1.807, 2.05) is 0 Å². The van der Waals surface area contributed by atoms with E-state index in [-0.39, 0.29) is 19.4 Å². The van der Waals surface area contributed by atoms with Crippen molar-refractivity contribution in [1.29, 1.82) is 0 Å². The van der Waals surface area contributed by atoms with Gasteiger partial charge in [0, 0.05) is 13.5 Å². The van der Waals surface area contributed by atoms with Gasteiger partial charge < -0.3 is 25.5 Å². The molecule has 1 atom stereocenters. The van der Waals surface area contributed by atoms with Gasteiger partial charge >= 0.3 is 12.0 Å². The van der Waals surface area contributed by atoms with Crippen molar-refractivity contribution in [3.63, 3.8) is 0 Å². The fourth-order valence-electron chi connectivity index (χ4n) is 1.51. The van der Waals surface area contributed by atoms with Crippen LogP contribution >= 0.6 is 0 Å². The topological polar surface area (TPSA) is 126 Å². The van der Waals surface area contributed by atoms with Crippen LogP contribution in [0.25, 0.3) is 0 Å². The van der Waals surface area contributed by atoms with Gasteiger partial charge in [0.25, 0.3) is 0 Å². The molecule has 0 aromatic carbocycles. The molecule has 0 saturated carbocycles. The molecule has 0 unspecified atom stereocenters. The average molecular weight is 283 g/mol. The highest BCUT2D eigenvalue weighted by Gasteiger charge is 2.22. The molecule has 0 aliphatic heterocycles. The summed E-state index contributed by atoms with van der Waals surface area (Å²) in [5.74, 6) is -1.26. The number of carboxylic acids is 1. The molecule has 1 heterocycles. The minimum absolute atomic E-state index is 0.0506. The molecule has 1 aromatic heterocycles. The van der Waals surface area contributed by atoms with E-state index >= 15 is 0 Å². The molecule has 1 aromatic rings. The number of furan rings is 1. The van der Waals surface area contributed by atoms with Crippen LogP contribution in [-0.2, 0) is 16.1 Å². The summed E-state index contributed by atoms with van der Waals surface area (Å²) in [6, 6.07) is 1.66. The van der Waals surface area contributed by atoms with Crippen molar-refractivity contribution in [3.05, 3.63) is 24.2 Å². The van der Waals surface area contributed by atoms with Crippen LogP contribution in [0.3, 0.4) is 0 Å². The molecule has 0 spiro atoms. The van der Waals surface area contributed by atoms with Gasteiger partial charge in [-0.15, -0.1) is 0 Å². The summed E-state index contributed by atoms with van der Waals surface area (Å²) in [4.78, 5) is 34.7. The van der Waals surface area contributed by atoms with Gasteiger partial charge in [-0.25, -0.2) is 9.59 Å². The second-order valence-corrected chi connectivity index (χ2v) is 4.28. The van der Waals surface area contributed by atoms with E-state index in [2.05, 4.69) is 5.32 Å². The predicted octanol–water partition coefficient (Wildman–Crippen LogP) is 0.140. The second-order valence-electron chi connectivity index (χ2n) is 4.28. The molecule has 4 N–H and O–H groups in total. The molecule has 0 saturated heterocycles. The Morgan fingerprint density at radius 2 is 2.20 bits per heavy atom. The zero-order valence-corrected chi connectivity index (χ0v) is 11.0. The second kappa shape index (κ2) is 7.17. The van der Waals surface area contributed by atoms with E-state index in [0.29, 0.717) is 5.76 Å². The molecule has 1 rings (SSSR count). The van der Waals surface area contributed by atoms with Gasteiger partial charge in [0.15, 0.2) is 0 Å². The van der Waals surface area contributed by atoms with E-state index in [1.54, 1.807) is 12.1 Å². The highest BCUT2D eigenvalue weighted by Crippen LogP contribution is 2.05. The summed E-state index contributed by atoms with van der Waals surface area (Å²) < 4.78 is 5.09. The minimum Gasteiger partial charge on any atom is -0.480 e. The van der Waals surface area contributed by atoms with Crippen molar-refractivity contribution in [2.24, 2.45) is 5.73 Å². The SMILES string of the molecule is CN(Cc1ccco1)C(=O)N[C@@H](CCC(N)=O)C(=O)O. The molecule has 0 radical (unpaired) electrons. The van der Waals surface area contributed by atoms with E-state index in [1.165, 1.54) is 18.2 Å². The normalized spacial score (nSPS) is 11.7. The van der Waals surface area contributed by atoms with Crippen LogP contribution in [0.5, 0.6) is 0 Å². The first-order valence-corrected chi connectivity index (χ1v) is 5.95. The number of nitrogens with one attached hydrogen (secondary N) is 1. The summed E-state index contributed by atoms with van der Waals surface area (Å²) in [6.45, 7) is 0.209. The van der Waals surface area contributed by atoms with Crippen molar-refractivity contribution in [2.75, 3.05) is 7.05 Å². The molecule has 110 valence electrons. The van der Waals surface area contributed by atoms with Crippen LogP contribution in [-0.4, -0.2) is 41.0 Å². The van der Waals surface area contributed by atoms with E-state index in [4.69, 9.17) is 15.3 Å². The van der Waals surface area contributed by atoms with Crippen molar-refractivity contribution < 1.29 is 23.9 Å². The summed E-state index contributed by atoms with van der Waals surface area (Å²) in [5.41, 5.74) is 4.95. The number of carbonyl (C=O) groups is 3. The lowest BCUT2D eigenvalue weighted by molar-refractivity contribution is -0.139. The standard InChI is InChI=1S/C12H17N3O5/c1-15(7-8-3-2-6-20-8)12(19)14-9(11(17)18)4-5-10(13)16/h2-3,6,9H,4-5,7H2,1H3,(H2,13,16)(H,14,19)(H,17,18)/t9-/m0/s1. The molecule has 20 heavy (non-hydrogen) atoms. The van der Waals surface area contributed by atoms with Crippen LogP contribution in [0.1, 0.15) is 18.6 Å². The Labute approximate surface area is 115 Å². The van der Waals surface area contributed by atoms with E-state index < -0.39 is 23.9 Å². The van der Waals surface area contributed by atoms with Gasteiger partial charge in [-0.05, 0) is 18.6 Å². The number of amides is 3. The van der Waals surface area contributed by atoms with Gasteiger partial charge in [-0.1, -0.05) is 0 Å². The number of hydrogen-bond acceptors (Lipinski definition) is 4. The number of carboxylic acid groups (broad SMARTS) is 1. The molecule has 3 amide bonds. The molecule has 8 heteroatoms. The summed E-state index contributed by atoms with van der Waals surface area (Å²) in [6.07, 6.45) is 1.32. The fraction of sp³-hybridized carbons (Fsp3) is 0.417. The van der Waals surface area contributed by atoms with Crippen molar-refractivity contribution in [1.82, 2.24) is 10.2 Å². The first kappa shape index (κ1) is 15.5. The summed E-state index contributed by atoms with van der Waals surface area (Å²) >= 11 is 0. The number of carbonyl (C=O) groups excluding carboxylic acids is 2. The third kappa shape index (κ3) is 5.01. The highest BCUT2D eigenvalue weighted by molar-refractivity contribution is 5.83. The van der Waals surface area contributed by atoms with Gasteiger partial charge in [0.2, 0.25) is 5.91 Å². The Morgan fingerprint density at radius 1 is 1.50 bits per heavy atom. The Hall–Kier alpha value is -2.51. The van der Waals surface area contributed by atoms with Gasteiger partial charge in [0.1, 0.15) is 11.8 Å². The third-order valence-electron chi connectivity index (χ3n) is 2.60. The maximum absolute atomic E-state index is 11.8. The molecule has 0 aliphatic carbocycles. The van der Waals surface area contributed by atoms with Gasteiger partial charge in [-0.3, -0.25) is 4.79 Å². The smallest absolute Gasteiger partial charge is 0.326 e. The number of rotatable bonds is 7. The van der Waals surface area contributed by atoms with Crippen LogP contribution in [0, 0.1) is 0 Å². The predicted molar refractivity (Wildman–Crippen MR) is 68.6 cm³/mol. The zero-order chi connectivity index (χ0) is 15.1. The maximum atomic E-state index is 11.8. The average Bonchev–Trinajstić information content (AvgIpc) is 2.86. The zero-order valence-electron chi connectivity index (χ0n) is 11.0. The lowest BCUT2D eigenvalue weighted by Crippen LogP contribution is -2.46. The molecular weight excluding hydrogens is 266 g/mol. The van der Waals surface area contributed by atoms with Gasteiger partial charge in [-0.2, -0.15) is 0 Å². The Bertz CT molecular complexity index is 471. The number of nitrogens with zero attached hydrogens (tertiary/aromatic N) is 1. The highest BCUT2D eigenvalue weighted by atomic mass is 16.4. The van der Waals surface area contributed by atoms with Crippen molar-refractivity contribution in [3.8, 4) is 0 Å². The third-order valence-corrected chi connectivity index (χ3v) is 2.60. The van der Waals surface area contributed by atoms with Crippen LogP contribution in [0.2, 0.25) is 0 Å². The first-order valence-electron chi connectivity index (χ1n) is 5.95. The van der Waals surface area contributed by atoms with Gasteiger partial charge in [0.05, 0.1) is 12.8 Å². The van der Waals surface area contributed by atoms with E-state index in [0.717, 1.165) is 0 Å². The van der Waals surface area contributed by atoms with Crippen LogP contribution in [0.4, 0.5) is 4.79 Å². The Balaban J connectivity index is 2.52. The fourth-order valence-corrected chi connectivity index (χ4v) is 1.51. The lowest BCUT2D eigenvalue weighted by atomic mass is 10.1. The molecule has 8 nitrogen and oxygen atoms in total. The molecule has 0 fully saturated rings. The minimum atomic E-state index is -1.22. The lowest BCUT2D eigenvalue weighted by Gasteiger charge is -2.20. The number of urea groups is 1. The van der Waals surface area contributed by atoms with E-state index in [9.17, 15) is 14.4 Å². The first-order chi connectivity index (χ1) is 9.40. The number of hydrogen-bond donors (Lipinski definition) is 3. The quantitative estimate of drug-likeness (QED) is 0.656. The maximum Gasteiger partial charge on any atom is 0.326 e. The van der Waals surface area contributed by atoms with Crippen LogP contribution in [0.15, 0.2) is 22.8 Å². The number of nitrogens with two attached hydrogens (primary N) is 1. The van der Waals surface area contributed by atoms with Crippen LogP contribution < -0.4 is 11.1 Å². The molecule has 0 bridgehead atoms. The molecule has 0 aliphatic rings. The van der Waals surface area contributed by atoms with Crippen molar-refractivity contribution >= 4 is 17.9 Å². The summed E-state index contributed by atoms with van der Waals surface area (Å²) in [7, 11) is 1.50. The Morgan fingerprint density at radius 3 is 2.70 bits per heavy atom. The monoisotopic (exact) mass is 283 g/mol. The molecular formula is C12H17N3O5.